The van der Waals surface area contributed by atoms with Gasteiger partial charge < -0.3 is 4.74 Å². The van der Waals surface area contributed by atoms with E-state index in [-0.39, 0.29) is 0 Å². The summed E-state index contributed by atoms with van der Waals surface area (Å²) in [5.41, 5.74) is 1.32. The van der Waals surface area contributed by atoms with Crippen LogP contribution in [0, 0.1) is 0 Å². The summed E-state index contributed by atoms with van der Waals surface area (Å²) in [7, 11) is 1.69. The molecular formula is C10H18O. The second kappa shape index (κ2) is 3.42. The highest BCUT2D eigenvalue weighted by atomic mass is 16.5. The maximum atomic E-state index is 5.11. The fourth-order valence-corrected chi connectivity index (χ4v) is 1.00. The van der Waals surface area contributed by atoms with Crippen molar-refractivity contribution in [1.82, 2.24) is 0 Å². The van der Waals surface area contributed by atoms with Crippen LogP contribution in [0.15, 0.2) is 24.3 Å². The summed E-state index contributed by atoms with van der Waals surface area (Å²) in [4.78, 5) is 0. The Hall–Kier alpha value is -0.980. The van der Waals surface area contributed by atoms with Gasteiger partial charge in [-0.25, -0.2) is 0 Å². The van der Waals surface area contributed by atoms with E-state index >= 15 is 0 Å². The zero-order valence-corrected chi connectivity index (χ0v) is 7.29. The van der Waals surface area contributed by atoms with E-state index in [9.17, 15) is 0 Å². The lowest BCUT2D eigenvalue weighted by Gasteiger charge is -2.06. The van der Waals surface area contributed by atoms with Crippen molar-refractivity contribution >= 4 is 0 Å². The molecule has 1 aromatic rings. The van der Waals surface area contributed by atoms with Crippen LogP contribution in [0.1, 0.15) is 31.3 Å². The van der Waals surface area contributed by atoms with Crippen molar-refractivity contribution in [3.05, 3.63) is 29.8 Å². The van der Waals surface area contributed by atoms with Crippen molar-refractivity contribution in [2.45, 2.75) is 19.8 Å². The lowest BCUT2D eigenvalue weighted by atomic mass is 10.0. The number of ether oxygens (including phenoxy) is 1. The Morgan fingerprint density at radius 1 is 1.45 bits per heavy atom. The minimum Gasteiger partial charge on any atom is -0.497 e. The van der Waals surface area contributed by atoms with Gasteiger partial charge in [0.2, 0.25) is 0 Å². The van der Waals surface area contributed by atoms with Crippen LogP contribution in [0.3, 0.4) is 0 Å². The van der Waals surface area contributed by atoms with Crippen molar-refractivity contribution in [1.29, 1.82) is 0 Å². The predicted octanol–water partition coefficient (Wildman–Crippen LogP) is 3.31. The molecule has 0 aliphatic heterocycles. The lowest BCUT2D eigenvalue weighted by molar-refractivity contribution is 0.414. The van der Waals surface area contributed by atoms with Gasteiger partial charge in [0.05, 0.1) is 7.11 Å². The summed E-state index contributed by atoms with van der Waals surface area (Å²) in [5.74, 6) is 1.52. The molecule has 0 N–H and O–H groups in total. The molecule has 1 aromatic carbocycles. The van der Waals surface area contributed by atoms with Crippen molar-refractivity contribution in [3.8, 4) is 5.75 Å². The van der Waals surface area contributed by atoms with Gasteiger partial charge in [-0.05, 0) is 23.6 Å². The Balaban J connectivity index is 0. The molecule has 0 atom stereocenters. The topological polar surface area (TPSA) is 9.23 Å². The van der Waals surface area contributed by atoms with Gasteiger partial charge in [-0.15, -0.1) is 0 Å². The third kappa shape index (κ3) is 1.97. The van der Waals surface area contributed by atoms with E-state index in [1.54, 1.807) is 7.11 Å². The number of hydrogen-bond acceptors (Lipinski definition) is 1. The second-order valence-electron chi connectivity index (χ2n) is 2.93. The van der Waals surface area contributed by atoms with E-state index in [2.05, 4.69) is 26.0 Å². The minimum absolute atomic E-state index is 0.574. The highest BCUT2D eigenvalue weighted by Crippen LogP contribution is 2.19. The molecule has 0 radical (unpaired) electrons. The zero-order valence-electron chi connectivity index (χ0n) is 11.3. The molecular weight excluding hydrogens is 136 g/mol. The Bertz CT molecular complexity index is 241. The summed E-state index contributed by atoms with van der Waals surface area (Å²) in [6.45, 7) is 4.35. The fraction of sp³-hybridized carbons (Fsp3) is 0.400. The smallest absolute Gasteiger partial charge is 0.119 e. The summed E-state index contributed by atoms with van der Waals surface area (Å²) < 4.78 is 25.1. The lowest BCUT2D eigenvalue weighted by Crippen LogP contribution is -1.88. The maximum Gasteiger partial charge on any atom is 0.119 e. The molecule has 0 saturated heterocycles. The average molecular weight is 158 g/mol. The molecule has 0 spiro atoms. The molecule has 1 rings (SSSR count). The molecule has 0 fully saturated rings. The maximum absolute atomic E-state index is 5.11. The van der Waals surface area contributed by atoms with E-state index in [1.807, 2.05) is 12.1 Å². The Morgan fingerprint density at radius 2 is 2.18 bits per heavy atom. The molecule has 0 unspecified atom stereocenters. The predicted molar refractivity (Wildman–Crippen MR) is 51.3 cm³/mol. The number of rotatable bonds is 2. The molecule has 1 nitrogen and oxygen atoms in total. The van der Waals surface area contributed by atoms with Gasteiger partial charge in [0.25, 0.3) is 0 Å². The van der Waals surface area contributed by atoms with Crippen LogP contribution >= 0.6 is 0 Å². The van der Waals surface area contributed by atoms with Crippen LogP contribution in [-0.2, 0) is 0 Å². The van der Waals surface area contributed by atoms with Crippen LogP contribution in [0.2, 0.25) is 0 Å². The first-order valence-corrected chi connectivity index (χ1v) is 3.88. The summed E-state index contributed by atoms with van der Waals surface area (Å²) in [5, 5.41) is 0. The number of methoxy groups -OCH3 is 1. The van der Waals surface area contributed by atoms with Gasteiger partial charge >= 0.3 is 0 Å². The Morgan fingerprint density at radius 3 is 2.73 bits per heavy atom. The van der Waals surface area contributed by atoms with Crippen molar-refractivity contribution in [2.75, 3.05) is 7.11 Å². The van der Waals surface area contributed by atoms with Gasteiger partial charge in [0.15, 0.2) is 0 Å². The molecule has 64 valence electrons. The van der Waals surface area contributed by atoms with Gasteiger partial charge in [-0.3, -0.25) is 0 Å². The highest BCUT2D eigenvalue weighted by molar-refractivity contribution is 5.29. The van der Waals surface area contributed by atoms with Crippen LogP contribution in [0.4, 0.5) is 0 Å². The molecule has 0 aromatic heterocycles. The van der Waals surface area contributed by atoms with E-state index in [4.69, 9.17) is 10.7 Å². The van der Waals surface area contributed by atoms with E-state index in [0.717, 1.165) is 5.75 Å². The van der Waals surface area contributed by atoms with Crippen LogP contribution in [0.5, 0.6) is 5.75 Å². The normalized spacial score (nSPS) is 11.6. The molecule has 1 heteroatoms. The molecule has 0 amide bonds. The van der Waals surface area contributed by atoms with Crippen LogP contribution in [0.25, 0.3) is 0 Å². The minimum atomic E-state index is 0.574. The molecule has 0 bridgehead atoms. The SMILES string of the molecule is COc1cccc(C(C)C)c1.[2H][2H].[2H][2H]. The largest absolute Gasteiger partial charge is 0.497 e. The summed E-state index contributed by atoms with van der Waals surface area (Å²) >= 11 is 0. The molecule has 0 aliphatic carbocycles. The van der Waals surface area contributed by atoms with Crippen molar-refractivity contribution in [2.24, 2.45) is 0 Å². The average Bonchev–Trinajstić information content (AvgIpc) is 2.34. The molecule has 0 saturated carbocycles. The zero-order chi connectivity index (χ0) is 12.3. The summed E-state index contributed by atoms with van der Waals surface area (Å²) in [6.07, 6.45) is 0. The Kier molecular flexibility index (Phi) is 1.76. The molecule has 0 aliphatic rings. The van der Waals surface area contributed by atoms with Crippen molar-refractivity contribution in [3.63, 3.8) is 0 Å². The third-order valence-electron chi connectivity index (χ3n) is 1.76. The molecule has 0 heterocycles. The number of hydrogen-bond donors (Lipinski definition) is 0. The van der Waals surface area contributed by atoms with Crippen LogP contribution in [-0.4, -0.2) is 7.11 Å². The van der Waals surface area contributed by atoms with E-state index < -0.39 is 0 Å². The second-order valence-corrected chi connectivity index (χ2v) is 2.93. The van der Waals surface area contributed by atoms with Crippen molar-refractivity contribution < 1.29 is 10.7 Å². The first-order valence-electron chi connectivity index (χ1n) is 5.88. The van der Waals surface area contributed by atoms with Gasteiger partial charge in [0, 0.05) is 5.94 Å². The number of benzene rings is 1. The fourth-order valence-electron chi connectivity index (χ4n) is 1.00. The van der Waals surface area contributed by atoms with E-state index in [0.29, 0.717) is 5.92 Å². The third-order valence-corrected chi connectivity index (χ3v) is 1.76. The van der Waals surface area contributed by atoms with Gasteiger partial charge in [-0.2, -0.15) is 0 Å². The quantitative estimate of drug-likeness (QED) is 0.641. The molecule has 11 heavy (non-hydrogen) atoms. The van der Waals surface area contributed by atoms with Gasteiger partial charge in [0.1, 0.15) is 5.75 Å². The van der Waals surface area contributed by atoms with E-state index in [1.165, 1.54) is 5.56 Å². The monoisotopic (exact) mass is 158 g/mol. The summed E-state index contributed by atoms with van der Waals surface area (Å²) in [6, 6.07) is 8.18. The Labute approximate surface area is 74.2 Å². The first-order chi connectivity index (χ1) is 7.24. The standard InChI is InChI=1S/C10H14O.2H2/c1-8(2)9-5-4-6-10(7-9)11-3;;/h4-8H,1-3H3;2*1H/i;2*1+1D. The highest BCUT2D eigenvalue weighted by Gasteiger charge is 1.98. The van der Waals surface area contributed by atoms with Crippen LogP contribution < -0.4 is 4.74 Å². The van der Waals surface area contributed by atoms with Gasteiger partial charge in [-0.1, -0.05) is 26.0 Å². The first kappa shape index (κ1) is 5.64.